The third kappa shape index (κ3) is 5.37. The Morgan fingerprint density at radius 3 is 2.66 bits per heavy atom. The molecule has 0 aliphatic carbocycles. The molecule has 0 bridgehead atoms. The number of aryl methyl sites for hydroxylation is 1. The maximum Gasteiger partial charge on any atom is 0.238 e. The number of hydrogen-bond acceptors (Lipinski definition) is 9. The number of hydrogen-bond donors (Lipinski definition) is 1. The van der Waals surface area contributed by atoms with Crippen molar-refractivity contribution in [3.8, 4) is 11.4 Å². The molecule has 10 nitrogen and oxygen atoms in total. The topological polar surface area (TPSA) is 125 Å². The van der Waals surface area contributed by atoms with Crippen LogP contribution in [0.25, 0.3) is 11.4 Å². The number of halogens is 1. The Balaban J connectivity index is 1.53. The lowest BCUT2D eigenvalue weighted by molar-refractivity contribution is 0.0962. The summed E-state index contributed by atoms with van der Waals surface area (Å²) in [5.74, 6) is 1.07. The number of benzene rings is 1. The van der Waals surface area contributed by atoms with Crippen LogP contribution in [-0.4, -0.2) is 40.7 Å². The SMILES string of the molecule is Cc1c([C@@H](C)CC(=O)c2noc(C(C)(C)C)n2)ccc(-c2ncnc(Nc3cnn(C)c3)n2)c1Cl. The Labute approximate surface area is 208 Å². The van der Waals surface area contributed by atoms with Gasteiger partial charge < -0.3 is 9.84 Å². The van der Waals surface area contributed by atoms with Crippen LogP contribution in [0, 0.1) is 6.92 Å². The number of rotatable bonds is 7. The Morgan fingerprint density at radius 2 is 2.00 bits per heavy atom. The number of nitrogens with zero attached hydrogens (tertiary/aromatic N) is 7. The predicted octanol–water partition coefficient (Wildman–Crippen LogP) is 5.03. The summed E-state index contributed by atoms with van der Waals surface area (Å²) in [6.07, 6.45) is 5.15. The molecule has 0 aliphatic rings. The number of carbonyl (C=O) groups is 1. The summed E-state index contributed by atoms with van der Waals surface area (Å²) in [6, 6.07) is 3.81. The van der Waals surface area contributed by atoms with Gasteiger partial charge in [0.05, 0.1) is 16.9 Å². The lowest BCUT2D eigenvalue weighted by atomic mass is 9.90. The Morgan fingerprint density at radius 1 is 1.23 bits per heavy atom. The van der Waals surface area contributed by atoms with Crippen LogP contribution < -0.4 is 5.32 Å². The van der Waals surface area contributed by atoms with Gasteiger partial charge in [-0.15, -0.1) is 0 Å². The average molecular weight is 495 g/mol. The van der Waals surface area contributed by atoms with E-state index in [1.807, 2.05) is 60.0 Å². The summed E-state index contributed by atoms with van der Waals surface area (Å²) in [4.78, 5) is 30.0. The highest BCUT2D eigenvalue weighted by molar-refractivity contribution is 6.34. The number of nitrogens with one attached hydrogen (secondary N) is 1. The van der Waals surface area contributed by atoms with Crippen molar-refractivity contribution in [2.75, 3.05) is 5.32 Å². The van der Waals surface area contributed by atoms with Gasteiger partial charge in [-0.05, 0) is 30.0 Å². The second kappa shape index (κ2) is 9.53. The summed E-state index contributed by atoms with van der Waals surface area (Å²) in [7, 11) is 1.83. The van der Waals surface area contributed by atoms with Crippen molar-refractivity contribution in [2.24, 2.45) is 7.05 Å². The van der Waals surface area contributed by atoms with Gasteiger partial charge in [0.1, 0.15) is 6.33 Å². The van der Waals surface area contributed by atoms with Gasteiger partial charge in [0, 0.05) is 30.6 Å². The van der Waals surface area contributed by atoms with Gasteiger partial charge in [0.15, 0.2) is 5.82 Å². The van der Waals surface area contributed by atoms with Crippen LogP contribution in [0.15, 0.2) is 35.4 Å². The number of ketones is 1. The van der Waals surface area contributed by atoms with Crippen molar-refractivity contribution < 1.29 is 9.32 Å². The van der Waals surface area contributed by atoms with Crippen molar-refractivity contribution in [3.63, 3.8) is 0 Å². The summed E-state index contributed by atoms with van der Waals surface area (Å²) in [5.41, 5.74) is 2.93. The minimum Gasteiger partial charge on any atom is -0.338 e. The van der Waals surface area contributed by atoms with Crippen LogP contribution in [0.5, 0.6) is 0 Å². The fourth-order valence-corrected chi connectivity index (χ4v) is 3.89. The zero-order valence-electron chi connectivity index (χ0n) is 20.5. The summed E-state index contributed by atoms with van der Waals surface area (Å²) in [6.45, 7) is 9.75. The standard InChI is InChI=1S/C24H27ClN8O2/c1-13(9-18(34)21-30-22(35-32-21)24(3,4)5)16-7-8-17(19(25)14(16)2)20-26-12-27-23(31-20)29-15-10-28-33(6)11-15/h7-8,10-13H,9H2,1-6H3,(H,26,27,29,31)/t13-/m0/s1. The first-order chi connectivity index (χ1) is 16.5. The maximum atomic E-state index is 12.8. The molecule has 1 aromatic carbocycles. The van der Waals surface area contributed by atoms with Crippen molar-refractivity contribution in [2.45, 2.75) is 52.4 Å². The monoisotopic (exact) mass is 494 g/mol. The van der Waals surface area contributed by atoms with E-state index in [0.29, 0.717) is 28.2 Å². The largest absolute Gasteiger partial charge is 0.338 e. The third-order valence-electron chi connectivity index (χ3n) is 5.54. The molecule has 1 atom stereocenters. The quantitative estimate of drug-likeness (QED) is 0.352. The molecule has 182 valence electrons. The molecular weight excluding hydrogens is 468 g/mol. The fraction of sp³-hybridized carbons (Fsp3) is 0.375. The summed E-state index contributed by atoms with van der Waals surface area (Å²) in [5, 5.41) is 11.6. The van der Waals surface area contributed by atoms with E-state index in [1.54, 1.807) is 10.9 Å². The zero-order valence-corrected chi connectivity index (χ0v) is 21.3. The van der Waals surface area contributed by atoms with E-state index >= 15 is 0 Å². The van der Waals surface area contributed by atoms with E-state index in [-0.39, 0.29) is 29.4 Å². The number of carbonyl (C=O) groups excluding carboxylic acids is 1. The Bertz CT molecular complexity index is 1370. The second-order valence-corrected chi connectivity index (χ2v) is 9.88. The van der Waals surface area contributed by atoms with Crippen LogP contribution in [-0.2, 0) is 12.5 Å². The molecule has 11 heteroatoms. The summed E-state index contributed by atoms with van der Waals surface area (Å²) >= 11 is 6.74. The molecule has 0 unspecified atom stereocenters. The minimum atomic E-state index is -0.320. The molecule has 0 radical (unpaired) electrons. The van der Waals surface area contributed by atoms with Crippen molar-refractivity contribution >= 4 is 29.0 Å². The molecule has 4 rings (SSSR count). The zero-order chi connectivity index (χ0) is 25.3. The molecule has 0 amide bonds. The van der Waals surface area contributed by atoms with E-state index in [9.17, 15) is 4.79 Å². The van der Waals surface area contributed by atoms with Crippen LogP contribution in [0.1, 0.15) is 67.7 Å². The lowest BCUT2D eigenvalue weighted by Gasteiger charge is -2.16. The first kappa shape index (κ1) is 24.5. The van der Waals surface area contributed by atoms with Gasteiger partial charge in [0.2, 0.25) is 23.4 Å². The molecule has 3 heterocycles. The first-order valence-corrected chi connectivity index (χ1v) is 11.5. The molecule has 0 aliphatic heterocycles. The van der Waals surface area contributed by atoms with E-state index in [4.69, 9.17) is 16.1 Å². The number of anilines is 2. The highest BCUT2D eigenvalue weighted by atomic mass is 35.5. The van der Waals surface area contributed by atoms with Gasteiger partial charge in [-0.3, -0.25) is 9.48 Å². The molecule has 4 aromatic rings. The minimum absolute atomic E-state index is 0.0981. The van der Waals surface area contributed by atoms with Gasteiger partial charge in [-0.25, -0.2) is 9.97 Å². The maximum absolute atomic E-state index is 12.8. The van der Waals surface area contributed by atoms with E-state index in [0.717, 1.165) is 16.8 Å². The number of Topliss-reactive ketones (excluding diaryl/α,β-unsaturated/α-hetero) is 1. The highest BCUT2D eigenvalue weighted by Crippen LogP contribution is 2.35. The predicted molar refractivity (Wildman–Crippen MR) is 132 cm³/mol. The van der Waals surface area contributed by atoms with Crippen molar-refractivity contribution in [3.05, 3.63) is 58.7 Å². The first-order valence-electron chi connectivity index (χ1n) is 11.1. The average Bonchev–Trinajstić information content (AvgIpc) is 3.45. The van der Waals surface area contributed by atoms with Gasteiger partial charge in [-0.1, -0.05) is 50.5 Å². The molecule has 1 N–H and O–H groups in total. The summed E-state index contributed by atoms with van der Waals surface area (Å²) < 4.78 is 6.94. The van der Waals surface area contributed by atoms with Crippen molar-refractivity contribution in [1.82, 2.24) is 34.9 Å². The molecule has 0 spiro atoms. The highest BCUT2D eigenvalue weighted by Gasteiger charge is 2.26. The van der Waals surface area contributed by atoms with Gasteiger partial charge in [0.25, 0.3) is 0 Å². The molecule has 0 saturated heterocycles. The lowest BCUT2D eigenvalue weighted by Crippen LogP contribution is -2.13. The number of aromatic nitrogens is 7. The van der Waals surface area contributed by atoms with E-state index in [2.05, 4.69) is 35.5 Å². The van der Waals surface area contributed by atoms with Gasteiger partial charge in [-0.2, -0.15) is 15.1 Å². The second-order valence-electron chi connectivity index (χ2n) is 9.50. The van der Waals surface area contributed by atoms with Crippen molar-refractivity contribution in [1.29, 1.82) is 0 Å². The van der Waals surface area contributed by atoms with E-state index in [1.165, 1.54) is 6.33 Å². The Hall–Kier alpha value is -3.66. The van der Waals surface area contributed by atoms with Crippen LogP contribution in [0.4, 0.5) is 11.6 Å². The Kier molecular flexibility index (Phi) is 6.66. The van der Waals surface area contributed by atoms with E-state index < -0.39 is 0 Å². The molecule has 0 saturated carbocycles. The smallest absolute Gasteiger partial charge is 0.238 e. The molecule has 35 heavy (non-hydrogen) atoms. The van der Waals surface area contributed by atoms with Crippen LogP contribution in [0.2, 0.25) is 5.02 Å². The van der Waals surface area contributed by atoms with Gasteiger partial charge >= 0.3 is 0 Å². The van der Waals surface area contributed by atoms with Crippen LogP contribution >= 0.6 is 11.6 Å². The molecule has 3 aromatic heterocycles. The molecule has 0 fully saturated rings. The van der Waals surface area contributed by atoms with Crippen LogP contribution in [0.3, 0.4) is 0 Å². The molecular formula is C24H27ClN8O2. The normalized spacial score (nSPS) is 12.5. The third-order valence-corrected chi connectivity index (χ3v) is 6.03. The fourth-order valence-electron chi connectivity index (χ4n) is 3.63.